The van der Waals surface area contributed by atoms with Gasteiger partial charge in [-0.3, -0.25) is 0 Å². The van der Waals surface area contributed by atoms with Crippen LogP contribution in [0.25, 0.3) is 11.1 Å². The zero-order valence-electron chi connectivity index (χ0n) is 31.1. The van der Waals surface area contributed by atoms with Crippen molar-refractivity contribution >= 4 is 34.1 Å². The SMILES string of the molecule is CCCCc1ccc(N(c2ccc(C)cc2)c2ccc(-c3ccc(N(c4ccc(CCCC)cc4)c4ccc(CCCC)cc4)cc3)cc2)cc1. The molecule has 0 unspecified atom stereocenters. The van der Waals surface area contributed by atoms with Gasteiger partial charge in [-0.15, -0.1) is 0 Å². The van der Waals surface area contributed by atoms with Gasteiger partial charge in [-0.05, 0) is 146 Å². The number of aryl methyl sites for hydroxylation is 4. The van der Waals surface area contributed by atoms with Gasteiger partial charge in [0.05, 0.1) is 0 Å². The van der Waals surface area contributed by atoms with E-state index in [-0.39, 0.29) is 0 Å². The molecule has 6 aromatic carbocycles. The molecule has 51 heavy (non-hydrogen) atoms. The molecule has 0 saturated carbocycles. The van der Waals surface area contributed by atoms with Crippen molar-refractivity contribution in [2.24, 2.45) is 0 Å². The predicted octanol–water partition coefficient (Wildman–Crippen LogP) is 14.6. The number of hydrogen-bond acceptors (Lipinski definition) is 2. The predicted molar refractivity (Wildman–Crippen MR) is 222 cm³/mol. The van der Waals surface area contributed by atoms with Gasteiger partial charge in [-0.1, -0.05) is 118 Å². The number of nitrogens with zero attached hydrogens (tertiary/aromatic N) is 2. The van der Waals surface area contributed by atoms with E-state index in [2.05, 4.69) is 183 Å². The van der Waals surface area contributed by atoms with Crippen LogP contribution in [0.5, 0.6) is 0 Å². The lowest BCUT2D eigenvalue weighted by molar-refractivity contribution is 0.795. The van der Waals surface area contributed by atoms with Crippen LogP contribution >= 0.6 is 0 Å². The molecule has 0 amide bonds. The average Bonchev–Trinajstić information content (AvgIpc) is 3.18. The molecule has 0 saturated heterocycles. The van der Waals surface area contributed by atoms with Crippen molar-refractivity contribution in [3.8, 4) is 11.1 Å². The molecular formula is C49H54N2. The molecule has 0 radical (unpaired) electrons. The van der Waals surface area contributed by atoms with Crippen LogP contribution in [0.1, 0.15) is 81.5 Å². The molecule has 6 rings (SSSR count). The van der Waals surface area contributed by atoms with Crippen LogP contribution in [-0.2, 0) is 19.3 Å². The third-order valence-corrected chi connectivity index (χ3v) is 9.92. The molecule has 0 bridgehead atoms. The van der Waals surface area contributed by atoms with Crippen molar-refractivity contribution in [3.05, 3.63) is 168 Å². The maximum absolute atomic E-state index is 2.38. The molecule has 0 fully saturated rings. The maximum atomic E-state index is 2.38. The third kappa shape index (κ3) is 9.18. The van der Waals surface area contributed by atoms with E-state index in [1.807, 2.05) is 0 Å². The van der Waals surface area contributed by atoms with Gasteiger partial charge in [0.25, 0.3) is 0 Å². The van der Waals surface area contributed by atoms with Crippen LogP contribution in [0.3, 0.4) is 0 Å². The summed E-state index contributed by atoms with van der Waals surface area (Å²) in [6, 6.07) is 54.3. The fourth-order valence-corrected chi connectivity index (χ4v) is 6.77. The highest BCUT2D eigenvalue weighted by Crippen LogP contribution is 2.38. The standard InChI is InChI=1S/C49H54N2/c1-5-8-11-39-16-28-45(29-17-39)50(44-26-14-38(4)15-27-44)48-34-22-42(23-35-48)43-24-36-49(37-25-43)51(46-30-18-40(19-31-46)12-9-6-2)47-32-20-41(21-33-47)13-10-7-3/h14-37H,5-13H2,1-4H3. The van der Waals surface area contributed by atoms with Gasteiger partial charge in [0.1, 0.15) is 0 Å². The summed E-state index contributed by atoms with van der Waals surface area (Å²) in [4.78, 5) is 4.74. The number of hydrogen-bond donors (Lipinski definition) is 0. The van der Waals surface area contributed by atoms with Crippen LogP contribution in [-0.4, -0.2) is 0 Å². The van der Waals surface area contributed by atoms with Gasteiger partial charge in [0.2, 0.25) is 0 Å². The highest BCUT2D eigenvalue weighted by molar-refractivity contribution is 5.81. The fourth-order valence-electron chi connectivity index (χ4n) is 6.77. The van der Waals surface area contributed by atoms with E-state index < -0.39 is 0 Å². The molecule has 0 atom stereocenters. The molecular weight excluding hydrogens is 617 g/mol. The Morgan fingerprint density at radius 2 is 0.549 bits per heavy atom. The molecule has 0 N–H and O–H groups in total. The number of rotatable bonds is 16. The molecule has 6 aromatic rings. The van der Waals surface area contributed by atoms with E-state index in [1.54, 1.807) is 0 Å². The van der Waals surface area contributed by atoms with E-state index >= 15 is 0 Å². The molecule has 0 aliphatic heterocycles. The van der Waals surface area contributed by atoms with E-state index in [0.29, 0.717) is 0 Å². The smallest absolute Gasteiger partial charge is 0.0462 e. The summed E-state index contributed by atoms with van der Waals surface area (Å²) in [5.41, 5.74) is 14.9. The Kier molecular flexibility index (Phi) is 12.4. The number of unbranched alkanes of at least 4 members (excludes halogenated alkanes) is 3. The summed E-state index contributed by atoms with van der Waals surface area (Å²) in [7, 11) is 0. The zero-order chi connectivity index (χ0) is 35.4. The normalized spacial score (nSPS) is 11.1. The fraction of sp³-hybridized carbons (Fsp3) is 0.265. The lowest BCUT2D eigenvalue weighted by Crippen LogP contribution is -2.10. The topological polar surface area (TPSA) is 6.48 Å². The summed E-state index contributed by atoms with van der Waals surface area (Å²) in [5.74, 6) is 0. The Morgan fingerprint density at radius 3 is 0.804 bits per heavy atom. The molecule has 0 spiro atoms. The first-order chi connectivity index (χ1) is 25.1. The van der Waals surface area contributed by atoms with Crippen molar-refractivity contribution in [1.82, 2.24) is 0 Å². The lowest BCUT2D eigenvalue weighted by Gasteiger charge is -2.26. The monoisotopic (exact) mass is 670 g/mol. The number of anilines is 6. The Labute approximate surface area is 307 Å². The van der Waals surface area contributed by atoms with Crippen molar-refractivity contribution in [3.63, 3.8) is 0 Å². The number of benzene rings is 6. The van der Waals surface area contributed by atoms with E-state index in [4.69, 9.17) is 0 Å². The van der Waals surface area contributed by atoms with Crippen molar-refractivity contribution in [1.29, 1.82) is 0 Å². The van der Waals surface area contributed by atoms with E-state index in [9.17, 15) is 0 Å². The van der Waals surface area contributed by atoms with Crippen molar-refractivity contribution < 1.29 is 0 Å². The zero-order valence-corrected chi connectivity index (χ0v) is 31.1. The highest BCUT2D eigenvalue weighted by Gasteiger charge is 2.15. The molecule has 0 aliphatic rings. The van der Waals surface area contributed by atoms with E-state index in [1.165, 1.54) is 89.0 Å². The van der Waals surface area contributed by atoms with Crippen molar-refractivity contribution in [2.45, 2.75) is 85.5 Å². The third-order valence-electron chi connectivity index (χ3n) is 9.92. The highest BCUT2D eigenvalue weighted by atomic mass is 15.1. The first-order valence-corrected chi connectivity index (χ1v) is 19.2. The van der Waals surface area contributed by atoms with Gasteiger partial charge in [0, 0.05) is 34.1 Å². The minimum absolute atomic E-state index is 1.13. The second-order valence-corrected chi connectivity index (χ2v) is 13.9. The Balaban J connectivity index is 1.27. The largest absolute Gasteiger partial charge is 0.311 e. The Morgan fingerprint density at radius 1 is 0.314 bits per heavy atom. The minimum Gasteiger partial charge on any atom is -0.311 e. The Hall–Kier alpha value is -5.08. The summed E-state index contributed by atoms with van der Waals surface area (Å²) in [5, 5.41) is 0. The van der Waals surface area contributed by atoms with E-state index in [0.717, 1.165) is 36.3 Å². The van der Waals surface area contributed by atoms with Gasteiger partial charge in [0.15, 0.2) is 0 Å². The van der Waals surface area contributed by atoms with Crippen LogP contribution in [0, 0.1) is 6.92 Å². The van der Waals surface area contributed by atoms with Crippen LogP contribution in [0.4, 0.5) is 34.1 Å². The molecule has 0 aromatic heterocycles. The minimum atomic E-state index is 1.13. The second-order valence-electron chi connectivity index (χ2n) is 13.9. The van der Waals surface area contributed by atoms with Crippen molar-refractivity contribution in [2.75, 3.05) is 9.80 Å². The quantitative estimate of drug-likeness (QED) is 0.101. The average molecular weight is 671 g/mol. The van der Waals surface area contributed by atoms with Gasteiger partial charge >= 0.3 is 0 Å². The van der Waals surface area contributed by atoms with Gasteiger partial charge in [-0.25, -0.2) is 0 Å². The summed E-state index contributed by atoms with van der Waals surface area (Å²) < 4.78 is 0. The van der Waals surface area contributed by atoms with Crippen LogP contribution in [0.15, 0.2) is 146 Å². The first-order valence-electron chi connectivity index (χ1n) is 19.2. The van der Waals surface area contributed by atoms with Crippen LogP contribution in [0.2, 0.25) is 0 Å². The Bertz CT molecular complexity index is 1850. The first kappa shape index (κ1) is 35.7. The summed E-state index contributed by atoms with van der Waals surface area (Å²) >= 11 is 0. The molecule has 260 valence electrons. The second kappa shape index (κ2) is 17.7. The maximum Gasteiger partial charge on any atom is 0.0462 e. The lowest BCUT2D eigenvalue weighted by atomic mass is 10.0. The molecule has 2 heteroatoms. The summed E-state index contributed by atoms with van der Waals surface area (Å²) in [6.45, 7) is 8.91. The van der Waals surface area contributed by atoms with Gasteiger partial charge in [-0.2, -0.15) is 0 Å². The van der Waals surface area contributed by atoms with Gasteiger partial charge < -0.3 is 9.80 Å². The molecule has 0 heterocycles. The van der Waals surface area contributed by atoms with Crippen LogP contribution < -0.4 is 9.80 Å². The molecule has 0 aliphatic carbocycles. The molecule has 2 nitrogen and oxygen atoms in total. The summed E-state index contributed by atoms with van der Waals surface area (Å²) in [6.07, 6.45) is 10.7.